The third kappa shape index (κ3) is 2.58. The Morgan fingerprint density at radius 1 is 1.53 bits per heavy atom. The SMILES string of the molecule is CCC(C)Nc1nc2ccc(Cl)cc2c(=O)[nH]1. The van der Waals surface area contributed by atoms with Crippen molar-refractivity contribution in [3.05, 3.63) is 33.6 Å². The number of hydrogen-bond donors (Lipinski definition) is 2. The highest BCUT2D eigenvalue weighted by atomic mass is 35.5. The Labute approximate surface area is 104 Å². The molecule has 1 aromatic heterocycles. The molecule has 17 heavy (non-hydrogen) atoms. The second kappa shape index (κ2) is 4.75. The summed E-state index contributed by atoms with van der Waals surface area (Å²) < 4.78 is 0. The van der Waals surface area contributed by atoms with Crippen LogP contribution in [0.3, 0.4) is 0 Å². The summed E-state index contributed by atoms with van der Waals surface area (Å²) in [7, 11) is 0. The normalized spacial score (nSPS) is 12.6. The Hall–Kier alpha value is -1.55. The smallest absolute Gasteiger partial charge is 0.260 e. The zero-order chi connectivity index (χ0) is 12.4. The predicted molar refractivity (Wildman–Crippen MR) is 70.7 cm³/mol. The number of halogens is 1. The lowest BCUT2D eigenvalue weighted by Crippen LogP contribution is -2.19. The van der Waals surface area contributed by atoms with Crippen molar-refractivity contribution in [1.82, 2.24) is 9.97 Å². The van der Waals surface area contributed by atoms with Gasteiger partial charge in [-0.1, -0.05) is 18.5 Å². The van der Waals surface area contributed by atoms with Crippen LogP contribution in [-0.2, 0) is 0 Å². The number of aromatic nitrogens is 2. The zero-order valence-corrected chi connectivity index (χ0v) is 10.5. The van der Waals surface area contributed by atoms with Crippen LogP contribution in [0.25, 0.3) is 10.9 Å². The molecule has 0 bridgehead atoms. The van der Waals surface area contributed by atoms with Gasteiger partial charge in [-0.3, -0.25) is 9.78 Å². The van der Waals surface area contributed by atoms with Crippen molar-refractivity contribution in [3.63, 3.8) is 0 Å². The fourth-order valence-electron chi connectivity index (χ4n) is 1.51. The number of fused-ring (bicyclic) bond motifs is 1. The molecular formula is C12H14ClN3O. The van der Waals surface area contributed by atoms with Crippen LogP contribution in [0.2, 0.25) is 5.02 Å². The monoisotopic (exact) mass is 251 g/mol. The van der Waals surface area contributed by atoms with Crippen LogP contribution in [0.1, 0.15) is 20.3 Å². The van der Waals surface area contributed by atoms with Crippen LogP contribution < -0.4 is 10.9 Å². The standard InChI is InChI=1S/C12H14ClN3O/c1-3-7(2)14-12-15-10-5-4-8(13)6-9(10)11(17)16-12/h4-7H,3H2,1-2H3,(H2,14,15,16,17). The number of rotatable bonds is 3. The molecule has 2 rings (SSSR count). The first-order chi connectivity index (χ1) is 8.10. The molecule has 2 N–H and O–H groups in total. The summed E-state index contributed by atoms with van der Waals surface area (Å²) in [4.78, 5) is 18.9. The number of nitrogens with one attached hydrogen (secondary N) is 2. The van der Waals surface area contributed by atoms with Crippen molar-refractivity contribution >= 4 is 28.5 Å². The number of benzene rings is 1. The Morgan fingerprint density at radius 2 is 2.29 bits per heavy atom. The van der Waals surface area contributed by atoms with Gasteiger partial charge in [-0.25, -0.2) is 4.98 Å². The molecule has 1 atom stereocenters. The average Bonchev–Trinajstić information content (AvgIpc) is 2.30. The van der Waals surface area contributed by atoms with Gasteiger partial charge < -0.3 is 5.32 Å². The van der Waals surface area contributed by atoms with Gasteiger partial charge in [0.15, 0.2) is 0 Å². The summed E-state index contributed by atoms with van der Waals surface area (Å²) >= 11 is 5.84. The minimum Gasteiger partial charge on any atom is -0.353 e. The van der Waals surface area contributed by atoms with Crippen LogP contribution in [-0.4, -0.2) is 16.0 Å². The molecular weight excluding hydrogens is 238 g/mol. The van der Waals surface area contributed by atoms with Gasteiger partial charge >= 0.3 is 0 Å². The Morgan fingerprint density at radius 3 is 3.00 bits per heavy atom. The first-order valence-electron chi connectivity index (χ1n) is 5.56. The molecule has 0 fully saturated rings. The molecule has 0 saturated heterocycles. The molecule has 2 aromatic rings. The molecule has 1 heterocycles. The molecule has 0 saturated carbocycles. The van der Waals surface area contributed by atoms with E-state index in [2.05, 4.69) is 22.2 Å². The van der Waals surface area contributed by atoms with Gasteiger partial charge in [-0.15, -0.1) is 0 Å². The lowest BCUT2D eigenvalue weighted by atomic mass is 10.2. The van der Waals surface area contributed by atoms with E-state index in [4.69, 9.17) is 11.6 Å². The summed E-state index contributed by atoms with van der Waals surface area (Å²) in [5, 5.41) is 4.18. The second-order valence-corrected chi connectivity index (χ2v) is 4.47. The van der Waals surface area contributed by atoms with Gasteiger partial charge in [0.2, 0.25) is 5.95 Å². The number of nitrogens with zero attached hydrogens (tertiary/aromatic N) is 1. The number of hydrogen-bond acceptors (Lipinski definition) is 3. The summed E-state index contributed by atoms with van der Waals surface area (Å²) in [6, 6.07) is 5.36. The van der Waals surface area contributed by atoms with Gasteiger partial charge in [0.1, 0.15) is 0 Å². The fourth-order valence-corrected chi connectivity index (χ4v) is 1.69. The van der Waals surface area contributed by atoms with E-state index >= 15 is 0 Å². The molecule has 90 valence electrons. The largest absolute Gasteiger partial charge is 0.353 e. The molecule has 0 radical (unpaired) electrons. The van der Waals surface area contributed by atoms with Crippen LogP contribution in [0.5, 0.6) is 0 Å². The van der Waals surface area contributed by atoms with Crippen molar-refractivity contribution in [3.8, 4) is 0 Å². The number of anilines is 1. The van der Waals surface area contributed by atoms with Gasteiger partial charge in [-0.05, 0) is 31.5 Å². The fraction of sp³-hybridized carbons (Fsp3) is 0.333. The molecule has 0 amide bonds. The van der Waals surface area contributed by atoms with Gasteiger partial charge in [0.05, 0.1) is 10.9 Å². The van der Waals surface area contributed by atoms with Gasteiger partial charge in [0.25, 0.3) is 5.56 Å². The number of aromatic amines is 1. The second-order valence-electron chi connectivity index (χ2n) is 4.03. The maximum atomic E-state index is 11.8. The van der Waals surface area contributed by atoms with E-state index in [1.54, 1.807) is 18.2 Å². The van der Waals surface area contributed by atoms with Crippen molar-refractivity contribution in [2.75, 3.05) is 5.32 Å². The molecule has 5 heteroatoms. The van der Waals surface area contributed by atoms with E-state index in [0.717, 1.165) is 6.42 Å². The quantitative estimate of drug-likeness (QED) is 0.882. The minimum absolute atomic E-state index is 0.177. The molecule has 1 unspecified atom stereocenters. The number of H-pyrrole nitrogens is 1. The zero-order valence-electron chi connectivity index (χ0n) is 9.75. The molecule has 4 nitrogen and oxygen atoms in total. The van der Waals surface area contributed by atoms with E-state index < -0.39 is 0 Å². The van der Waals surface area contributed by atoms with Crippen molar-refractivity contribution in [1.29, 1.82) is 0 Å². The average molecular weight is 252 g/mol. The molecule has 0 spiro atoms. The van der Waals surface area contributed by atoms with Crippen molar-refractivity contribution in [2.24, 2.45) is 0 Å². The van der Waals surface area contributed by atoms with E-state index in [0.29, 0.717) is 21.9 Å². The molecule has 0 aliphatic rings. The molecule has 0 aliphatic heterocycles. The third-order valence-electron chi connectivity index (χ3n) is 2.66. The topological polar surface area (TPSA) is 57.8 Å². The Bertz CT molecular complexity index is 594. The molecule has 1 aromatic carbocycles. The summed E-state index contributed by atoms with van der Waals surface area (Å²) in [6.07, 6.45) is 0.961. The van der Waals surface area contributed by atoms with Gasteiger partial charge in [-0.2, -0.15) is 0 Å². The minimum atomic E-state index is -0.177. The highest BCUT2D eigenvalue weighted by molar-refractivity contribution is 6.31. The van der Waals surface area contributed by atoms with E-state index in [-0.39, 0.29) is 11.6 Å². The van der Waals surface area contributed by atoms with E-state index in [9.17, 15) is 4.79 Å². The van der Waals surface area contributed by atoms with E-state index in [1.807, 2.05) is 6.92 Å². The van der Waals surface area contributed by atoms with Gasteiger partial charge in [0, 0.05) is 11.1 Å². The first-order valence-corrected chi connectivity index (χ1v) is 5.94. The van der Waals surface area contributed by atoms with E-state index in [1.165, 1.54) is 0 Å². The van der Waals surface area contributed by atoms with Crippen LogP contribution in [0.15, 0.2) is 23.0 Å². The summed E-state index contributed by atoms with van der Waals surface area (Å²) in [5.74, 6) is 0.499. The highest BCUT2D eigenvalue weighted by Crippen LogP contribution is 2.15. The molecule has 0 aliphatic carbocycles. The maximum Gasteiger partial charge on any atom is 0.260 e. The Balaban J connectivity index is 2.49. The van der Waals surface area contributed by atoms with Crippen molar-refractivity contribution < 1.29 is 0 Å². The summed E-state index contributed by atoms with van der Waals surface area (Å²) in [5.41, 5.74) is 0.465. The maximum absolute atomic E-state index is 11.8. The van der Waals surface area contributed by atoms with Crippen molar-refractivity contribution in [2.45, 2.75) is 26.3 Å². The van der Waals surface area contributed by atoms with Crippen LogP contribution in [0.4, 0.5) is 5.95 Å². The lowest BCUT2D eigenvalue weighted by Gasteiger charge is -2.11. The lowest BCUT2D eigenvalue weighted by molar-refractivity contribution is 0.753. The summed E-state index contributed by atoms with van der Waals surface area (Å²) in [6.45, 7) is 4.10. The first kappa shape index (κ1) is 11.9. The predicted octanol–water partition coefficient (Wildman–Crippen LogP) is 2.79. The Kier molecular flexibility index (Phi) is 3.33. The van der Waals surface area contributed by atoms with Crippen LogP contribution >= 0.6 is 11.6 Å². The van der Waals surface area contributed by atoms with Crippen LogP contribution in [0, 0.1) is 0 Å². The third-order valence-corrected chi connectivity index (χ3v) is 2.90. The highest BCUT2D eigenvalue weighted by Gasteiger charge is 2.06.